The Labute approximate surface area is 108 Å². The summed E-state index contributed by atoms with van der Waals surface area (Å²) < 4.78 is 0. The lowest BCUT2D eigenvalue weighted by atomic mass is 9.91. The molecule has 17 heavy (non-hydrogen) atoms. The van der Waals surface area contributed by atoms with Crippen LogP contribution < -0.4 is 0 Å². The Bertz CT molecular complexity index is 284. The molecule has 0 bridgehead atoms. The lowest BCUT2D eigenvalue weighted by molar-refractivity contribution is 0.150. The molecule has 0 spiro atoms. The zero-order valence-electron chi connectivity index (χ0n) is 12.6. The van der Waals surface area contributed by atoms with Crippen molar-refractivity contribution in [2.45, 2.75) is 54.4 Å². The van der Waals surface area contributed by atoms with E-state index in [-0.39, 0.29) is 5.41 Å². The van der Waals surface area contributed by atoms with E-state index in [0.29, 0.717) is 11.3 Å². The molecule has 1 rings (SSSR count). The minimum absolute atomic E-state index is 0.155. The number of likely N-dealkylation sites (tertiary alicyclic amines) is 1. The molecule has 0 unspecified atom stereocenters. The first-order valence-corrected chi connectivity index (χ1v) is 6.91. The van der Waals surface area contributed by atoms with Crippen molar-refractivity contribution in [2.24, 2.45) is 16.7 Å². The van der Waals surface area contributed by atoms with E-state index >= 15 is 0 Å². The van der Waals surface area contributed by atoms with Crippen LogP contribution in [0, 0.1) is 28.6 Å². The minimum atomic E-state index is 0.155. The summed E-state index contributed by atoms with van der Waals surface area (Å²) in [6.07, 6.45) is 2.50. The first kappa shape index (κ1) is 14.6. The molecule has 98 valence electrons. The van der Waals surface area contributed by atoms with Gasteiger partial charge in [0.15, 0.2) is 0 Å². The third kappa shape index (κ3) is 6.74. The van der Waals surface area contributed by atoms with Crippen molar-refractivity contribution in [3.05, 3.63) is 0 Å². The maximum atomic E-state index is 3.47. The van der Waals surface area contributed by atoms with E-state index in [1.807, 2.05) is 0 Å². The number of piperidine rings is 1. The molecule has 0 atom stereocenters. The number of nitrogens with zero attached hydrogens (tertiary/aromatic N) is 1. The summed E-state index contributed by atoms with van der Waals surface area (Å²) >= 11 is 0. The van der Waals surface area contributed by atoms with Crippen molar-refractivity contribution >= 4 is 0 Å². The van der Waals surface area contributed by atoms with Crippen molar-refractivity contribution in [3.63, 3.8) is 0 Å². The highest BCUT2D eigenvalue weighted by atomic mass is 15.1. The van der Waals surface area contributed by atoms with E-state index in [0.717, 1.165) is 0 Å². The van der Waals surface area contributed by atoms with Gasteiger partial charge in [-0.3, -0.25) is 0 Å². The second-order valence-electron chi connectivity index (χ2n) is 7.63. The minimum Gasteiger partial charge on any atom is -0.303 e. The molecule has 0 amide bonds. The first-order valence-electron chi connectivity index (χ1n) is 6.91. The maximum Gasteiger partial charge on any atom is 0.0230 e. The molecule has 0 N–H and O–H groups in total. The quantitative estimate of drug-likeness (QED) is 0.625. The fourth-order valence-electron chi connectivity index (χ4n) is 2.22. The summed E-state index contributed by atoms with van der Waals surface area (Å²) in [5.41, 5.74) is 0.576. The molecule has 0 radical (unpaired) electrons. The Kier molecular flexibility index (Phi) is 4.67. The van der Waals surface area contributed by atoms with Gasteiger partial charge in [0.1, 0.15) is 0 Å². The maximum absolute atomic E-state index is 3.47. The summed E-state index contributed by atoms with van der Waals surface area (Å²) in [6, 6.07) is 0. The predicted molar refractivity (Wildman–Crippen MR) is 75.9 cm³/mol. The van der Waals surface area contributed by atoms with Crippen LogP contribution in [0.4, 0.5) is 0 Å². The second-order valence-corrected chi connectivity index (χ2v) is 7.63. The van der Waals surface area contributed by atoms with Crippen molar-refractivity contribution in [1.29, 1.82) is 0 Å². The Morgan fingerprint density at radius 2 is 1.53 bits per heavy atom. The molecule has 1 saturated heterocycles. The third-order valence-electron chi connectivity index (χ3n) is 2.94. The molecule has 0 saturated carbocycles. The van der Waals surface area contributed by atoms with Gasteiger partial charge in [0.25, 0.3) is 0 Å². The SMILES string of the molecule is CC(C)(C)C#CC1CCN(CC(C)(C)C)CC1. The van der Waals surface area contributed by atoms with Crippen LogP contribution in [-0.2, 0) is 0 Å². The number of rotatable bonds is 1. The average Bonchev–Trinajstić information content (AvgIpc) is 2.13. The fraction of sp³-hybridized carbons (Fsp3) is 0.875. The highest BCUT2D eigenvalue weighted by Gasteiger charge is 2.22. The molecule has 1 nitrogen and oxygen atoms in total. The predicted octanol–water partition coefficient (Wildman–Crippen LogP) is 3.79. The highest BCUT2D eigenvalue weighted by molar-refractivity contribution is 5.11. The average molecular weight is 235 g/mol. The van der Waals surface area contributed by atoms with Crippen LogP contribution >= 0.6 is 0 Å². The smallest absolute Gasteiger partial charge is 0.0230 e. The van der Waals surface area contributed by atoms with E-state index in [2.05, 4.69) is 58.3 Å². The van der Waals surface area contributed by atoms with Gasteiger partial charge in [-0.25, -0.2) is 0 Å². The summed E-state index contributed by atoms with van der Waals surface area (Å²) in [5.74, 6) is 7.48. The lowest BCUT2D eigenvalue weighted by Gasteiger charge is -2.34. The van der Waals surface area contributed by atoms with E-state index in [1.54, 1.807) is 0 Å². The first-order chi connectivity index (χ1) is 7.66. The molecule has 0 aromatic heterocycles. The summed E-state index contributed by atoms with van der Waals surface area (Å²) in [4.78, 5) is 2.59. The van der Waals surface area contributed by atoms with Gasteiger partial charge in [0.05, 0.1) is 0 Å². The van der Waals surface area contributed by atoms with Gasteiger partial charge >= 0.3 is 0 Å². The molecular formula is C16H29N. The zero-order valence-corrected chi connectivity index (χ0v) is 12.6. The normalized spacial score (nSPS) is 19.9. The molecule has 0 aliphatic carbocycles. The lowest BCUT2D eigenvalue weighted by Crippen LogP contribution is -2.38. The summed E-state index contributed by atoms with van der Waals surface area (Å²) in [6.45, 7) is 17.2. The van der Waals surface area contributed by atoms with E-state index in [4.69, 9.17) is 0 Å². The van der Waals surface area contributed by atoms with Gasteiger partial charge in [0.2, 0.25) is 0 Å². The van der Waals surface area contributed by atoms with Gasteiger partial charge < -0.3 is 4.90 Å². The van der Waals surface area contributed by atoms with Crippen LogP contribution in [0.25, 0.3) is 0 Å². The molecule has 1 aliphatic heterocycles. The molecule has 0 aromatic rings. The standard InChI is InChI=1S/C16H29N/c1-15(2,3)10-7-14-8-11-17(12-9-14)13-16(4,5)6/h14H,8-9,11-13H2,1-6H3. The fourth-order valence-corrected chi connectivity index (χ4v) is 2.22. The van der Waals surface area contributed by atoms with Crippen molar-refractivity contribution in [2.75, 3.05) is 19.6 Å². The highest BCUT2D eigenvalue weighted by Crippen LogP contribution is 2.22. The monoisotopic (exact) mass is 235 g/mol. The van der Waals surface area contributed by atoms with Crippen molar-refractivity contribution in [3.8, 4) is 11.8 Å². The zero-order chi connectivity index (χ0) is 13.1. The topological polar surface area (TPSA) is 3.24 Å². The van der Waals surface area contributed by atoms with Crippen LogP contribution in [-0.4, -0.2) is 24.5 Å². The molecule has 1 heterocycles. The molecule has 0 aromatic carbocycles. The Hall–Kier alpha value is -0.480. The Morgan fingerprint density at radius 3 is 1.94 bits per heavy atom. The molecular weight excluding hydrogens is 206 g/mol. The van der Waals surface area contributed by atoms with Gasteiger partial charge in [-0.05, 0) is 52.1 Å². The van der Waals surface area contributed by atoms with Gasteiger partial charge in [0, 0.05) is 17.9 Å². The van der Waals surface area contributed by atoms with E-state index < -0.39 is 0 Å². The Morgan fingerprint density at radius 1 is 1.00 bits per heavy atom. The van der Waals surface area contributed by atoms with Gasteiger partial charge in [-0.1, -0.05) is 32.6 Å². The summed E-state index contributed by atoms with van der Waals surface area (Å²) in [7, 11) is 0. The van der Waals surface area contributed by atoms with E-state index in [9.17, 15) is 0 Å². The van der Waals surface area contributed by atoms with Crippen LogP contribution in [0.1, 0.15) is 54.4 Å². The summed E-state index contributed by atoms with van der Waals surface area (Å²) in [5, 5.41) is 0. The van der Waals surface area contributed by atoms with Gasteiger partial charge in [-0.15, -0.1) is 0 Å². The molecule has 1 heteroatoms. The van der Waals surface area contributed by atoms with Crippen LogP contribution in [0.3, 0.4) is 0 Å². The molecule has 1 aliphatic rings. The van der Waals surface area contributed by atoms with Crippen molar-refractivity contribution in [1.82, 2.24) is 4.90 Å². The Balaban J connectivity index is 2.38. The largest absolute Gasteiger partial charge is 0.303 e. The number of hydrogen-bond acceptors (Lipinski definition) is 1. The van der Waals surface area contributed by atoms with Gasteiger partial charge in [-0.2, -0.15) is 0 Å². The van der Waals surface area contributed by atoms with E-state index in [1.165, 1.54) is 32.5 Å². The molecule has 1 fully saturated rings. The van der Waals surface area contributed by atoms with Crippen molar-refractivity contribution < 1.29 is 0 Å². The van der Waals surface area contributed by atoms with Crippen LogP contribution in [0.2, 0.25) is 0 Å². The third-order valence-corrected chi connectivity index (χ3v) is 2.94. The number of hydrogen-bond donors (Lipinski definition) is 0. The van der Waals surface area contributed by atoms with Crippen LogP contribution in [0.5, 0.6) is 0 Å². The van der Waals surface area contributed by atoms with Crippen LogP contribution in [0.15, 0.2) is 0 Å². The second kappa shape index (κ2) is 5.44.